The van der Waals surface area contributed by atoms with Crippen LogP contribution in [0.5, 0.6) is 0 Å². The standard InChI is InChI=1S/C26H17N3S/c1-4-11-21-14(6-1)17-13-12-16-15-7-5-8-18-22-26(28-20-10-3-2-9-19(20)27-22)29(23(15)18)24(16)25(17)30-21/h1-13,19-20,27-28H. The van der Waals surface area contributed by atoms with Gasteiger partial charge in [0.2, 0.25) is 0 Å². The van der Waals surface area contributed by atoms with E-state index in [1.165, 1.54) is 58.9 Å². The van der Waals surface area contributed by atoms with Crippen LogP contribution >= 0.6 is 11.3 Å². The molecule has 2 unspecified atom stereocenters. The number of nitrogens with one attached hydrogen (secondary N) is 2. The number of benzene rings is 3. The third-order valence-electron chi connectivity index (χ3n) is 6.77. The van der Waals surface area contributed by atoms with E-state index in [0.717, 1.165) is 0 Å². The molecule has 0 spiro atoms. The topological polar surface area (TPSA) is 28.5 Å². The Balaban J connectivity index is 1.60. The van der Waals surface area contributed by atoms with Gasteiger partial charge in [-0.25, -0.2) is 0 Å². The summed E-state index contributed by atoms with van der Waals surface area (Å²) in [5, 5.41) is 14.3. The van der Waals surface area contributed by atoms with Gasteiger partial charge in [0, 0.05) is 31.6 Å². The van der Waals surface area contributed by atoms with Crippen molar-refractivity contribution in [3.8, 4) is 0 Å². The lowest BCUT2D eigenvalue weighted by molar-refractivity contribution is 0.760. The number of allylic oxidation sites excluding steroid dienone is 2. The second-order valence-corrected chi connectivity index (χ2v) is 9.36. The van der Waals surface area contributed by atoms with E-state index in [9.17, 15) is 0 Å². The van der Waals surface area contributed by atoms with Crippen LogP contribution in [-0.2, 0) is 0 Å². The molecule has 2 aliphatic rings. The van der Waals surface area contributed by atoms with Crippen LogP contribution in [0.1, 0.15) is 0 Å². The molecule has 8 rings (SSSR count). The minimum Gasteiger partial charge on any atom is -0.373 e. The van der Waals surface area contributed by atoms with Crippen molar-refractivity contribution in [1.29, 1.82) is 0 Å². The van der Waals surface area contributed by atoms with Gasteiger partial charge in [0.15, 0.2) is 0 Å². The number of anilines is 2. The Morgan fingerprint density at radius 1 is 0.667 bits per heavy atom. The normalized spacial score (nSPS) is 20.3. The minimum atomic E-state index is 0.261. The average Bonchev–Trinajstić information content (AvgIpc) is 3.43. The van der Waals surface area contributed by atoms with Gasteiger partial charge in [-0.3, -0.25) is 4.40 Å². The molecule has 4 heteroatoms. The molecule has 6 aromatic rings. The largest absolute Gasteiger partial charge is 0.373 e. The number of hydrogen-bond donors (Lipinski definition) is 2. The lowest BCUT2D eigenvalue weighted by Gasteiger charge is -2.33. The van der Waals surface area contributed by atoms with E-state index in [-0.39, 0.29) is 12.1 Å². The van der Waals surface area contributed by atoms with Gasteiger partial charge in [0.05, 0.1) is 33.5 Å². The Bertz CT molecular complexity index is 1720. The highest BCUT2D eigenvalue weighted by molar-refractivity contribution is 7.26. The molecule has 2 atom stereocenters. The molecule has 142 valence electrons. The smallest absolute Gasteiger partial charge is 0.136 e. The Morgan fingerprint density at radius 2 is 1.40 bits per heavy atom. The van der Waals surface area contributed by atoms with Crippen molar-refractivity contribution in [2.45, 2.75) is 12.1 Å². The molecule has 0 saturated heterocycles. The maximum absolute atomic E-state index is 3.85. The van der Waals surface area contributed by atoms with Gasteiger partial charge in [-0.2, -0.15) is 0 Å². The van der Waals surface area contributed by atoms with E-state index >= 15 is 0 Å². The Labute approximate surface area is 176 Å². The molecular formula is C26H17N3S. The van der Waals surface area contributed by atoms with Gasteiger partial charge >= 0.3 is 0 Å². The first kappa shape index (κ1) is 15.4. The third kappa shape index (κ3) is 1.69. The molecule has 0 bridgehead atoms. The van der Waals surface area contributed by atoms with Gasteiger partial charge in [-0.1, -0.05) is 72.8 Å². The van der Waals surface area contributed by atoms with Crippen LogP contribution in [0, 0.1) is 0 Å². The zero-order valence-corrected chi connectivity index (χ0v) is 16.8. The van der Waals surface area contributed by atoms with Crippen molar-refractivity contribution in [3.63, 3.8) is 0 Å². The fourth-order valence-corrected chi connectivity index (χ4v) is 6.72. The van der Waals surface area contributed by atoms with E-state index in [1.807, 2.05) is 11.3 Å². The van der Waals surface area contributed by atoms with E-state index in [4.69, 9.17) is 0 Å². The number of nitrogens with zero attached hydrogens (tertiary/aromatic N) is 1. The zero-order valence-electron chi connectivity index (χ0n) is 16.0. The fourth-order valence-electron chi connectivity index (χ4n) is 5.48. The fraction of sp³-hybridized carbons (Fsp3) is 0.0769. The lowest BCUT2D eigenvalue weighted by Crippen LogP contribution is -2.41. The molecule has 0 fully saturated rings. The summed E-state index contributed by atoms with van der Waals surface area (Å²) in [7, 11) is 0. The highest BCUT2D eigenvalue weighted by atomic mass is 32.1. The maximum atomic E-state index is 3.85. The van der Waals surface area contributed by atoms with Gasteiger partial charge in [-0.15, -0.1) is 11.3 Å². The molecule has 0 radical (unpaired) electrons. The Hall–Kier alpha value is -3.50. The van der Waals surface area contributed by atoms with Crippen molar-refractivity contribution in [2.75, 3.05) is 10.6 Å². The number of para-hydroxylation sites is 1. The molecular weight excluding hydrogens is 386 g/mol. The number of rotatable bonds is 0. The van der Waals surface area contributed by atoms with Gasteiger partial charge < -0.3 is 10.6 Å². The van der Waals surface area contributed by atoms with Crippen LogP contribution in [0.4, 0.5) is 11.5 Å². The zero-order chi connectivity index (χ0) is 19.4. The molecule has 0 amide bonds. The monoisotopic (exact) mass is 403 g/mol. The summed E-state index contributed by atoms with van der Waals surface area (Å²) in [6.45, 7) is 0. The number of thiophene rings is 1. The third-order valence-corrected chi connectivity index (χ3v) is 7.97. The van der Waals surface area contributed by atoms with Gasteiger partial charge in [-0.05, 0) is 6.07 Å². The number of aromatic nitrogens is 1. The van der Waals surface area contributed by atoms with E-state index < -0.39 is 0 Å². The van der Waals surface area contributed by atoms with Crippen LogP contribution in [0.15, 0.2) is 78.9 Å². The summed E-state index contributed by atoms with van der Waals surface area (Å²) in [6, 6.07) is 20.6. The molecule has 0 saturated carbocycles. The van der Waals surface area contributed by atoms with E-state index in [0.29, 0.717) is 0 Å². The summed E-state index contributed by atoms with van der Waals surface area (Å²) >= 11 is 1.90. The highest BCUT2D eigenvalue weighted by Crippen LogP contribution is 2.48. The van der Waals surface area contributed by atoms with E-state index in [1.54, 1.807) is 0 Å². The van der Waals surface area contributed by atoms with Gasteiger partial charge in [0.25, 0.3) is 0 Å². The molecule has 4 heterocycles. The van der Waals surface area contributed by atoms with Crippen LogP contribution in [0.3, 0.4) is 0 Å². The predicted molar refractivity (Wildman–Crippen MR) is 130 cm³/mol. The van der Waals surface area contributed by atoms with Crippen LogP contribution in [0.2, 0.25) is 0 Å². The average molecular weight is 404 g/mol. The molecule has 3 aromatic heterocycles. The number of fused-ring (bicyclic) bond motifs is 11. The first-order valence-electron chi connectivity index (χ1n) is 10.4. The summed E-state index contributed by atoms with van der Waals surface area (Å²) in [6.07, 6.45) is 8.77. The molecule has 2 N–H and O–H groups in total. The molecule has 3 nitrogen and oxygen atoms in total. The highest BCUT2D eigenvalue weighted by Gasteiger charge is 2.31. The van der Waals surface area contributed by atoms with Crippen LogP contribution in [0.25, 0.3) is 47.4 Å². The lowest BCUT2D eigenvalue weighted by atomic mass is 9.99. The second kappa shape index (κ2) is 5.15. The van der Waals surface area contributed by atoms with Crippen molar-refractivity contribution in [2.24, 2.45) is 0 Å². The first-order valence-corrected chi connectivity index (χ1v) is 11.2. The SMILES string of the molecule is C1=CC2Nc3c(n4c5c3cccc5c3ccc5c6ccccc6sc5c34)NC2C=C1. The molecule has 3 aromatic carbocycles. The first-order chi connectivity index (χ1) is 14.9. The van der Waals surface area contributed by atoms with Crippen molar-refractivity contribution in [3.05, 3.63) is 78.9 Å². The van der Waals surface area contributed by atoms with Crippen molar-refractivity contribution < 1.29 is 0 Å². The quantitative estimate of drug-likeness (QED) is 0.294. The summed E-state index contributed by atoms with van der Waals surface area (Å²) in [5.41, 5.74) is 3.86. The summed E-state index contributed by atoms with van der Waals surface area (Å²) in [5.74, 6) is 1.18. The summed E-state index contributed by atoms with van der Waals surface area (Å²) < 4.78 is 5.19. The number of hydrogen-bond acceptors (Lipinski definition) is 3. The molecule has 30 heavy (non-hydrogen) atoms. The minimum absolute atomic E-state index is 0.261. The van der Waals surface area contributed by atoms with Gasteiger partial charge in [0.1, 0.15) is 5.82 Å². The molecule has 1 aliphatic carbocycles. The van der Waals surface area contributed by atoms with Crippen LogP contribution < -0.4 is 10.6 Å². The Kier molecular flexibility index (Phi) is 2.64. The van der Waals surface area contributed by atoms with Crippen molar-refractivity contribution in [1.82, 2.24) is 4.40 Å². The molecule has 1 aliphatic heterocycles. The summed E-state index contributed by atoms with van der Waals surface area (Å²) in [4.78, 5) is 0. The second-order valence-electron chi connectivity index (χ2n) is 8.31. The van der Waals surface area contributed by atoms with Crippen LogP contribution in [-0.4, -0.2) is 16.5 Å². The van der Waals surface area contributed by atoms with Crippen molar-refractivity contribution >= 4 is 70.2 Å². The predicted octanol–water partition coefficient (Wildman–Crippen LogP) is 6.75. The van der Waals surface area contributed by atoms with E-state index in [2.05, 4.69) is 93.9 Å². The Morgan fingerprint density at radius 3 is 2.33 bits per heavy atom. The maximum Gasteiger partial charge on any atom is 0.136 e.